The van der Waals surface area contributed by atoms with E-state index in [1.54, 1.807) is 29.2 Å². The second-order valence-electron chi connectivity index (χ2n) is 6.57. The fourth-order valence-corrected chi connectivity index (χ4v) is 3.36. The molecule has 4 rings (SSSR count). The maximum absolute atomic E-state index is 13.0. The number of carbonyl (C=O) groups excluding carboxylic acids is 1. The molecular formula is C20H18ClFN4O2. The number of benzene rings is 2. The Bertz CT molecular complexity index is 968. The largest absolute Gasteiger partial charge is 0.338 e. The Labute approximate surface area is 166 Å². The predicted octanol–water partition coefficient (Wildman–Crippen LogP) is 3.49. The van der Waals surface area contributed by atoms with Crippen LogP contribution in [0, 0.1) is 5.82 Å². The predicted molar refractivity (Wildman–Crippen MR) is 102 cm³/mol. The first-order valence-electron chi connectivity index (χ1n) is 8.95. The highest BCUT2D eigenvalue weighted by molar-refractivity contribution is 6.33. The van der Waals surface area contributed by atoms with E-state index in [-0.39, 0.29) is 11.7 Å². The maximum Gasteiger partial charge on any atom is 0.255 e. The van der Waals surface area contributed by atoms with E-state index in [0.717, 1.165) is 0 Å². The highest BCUT2D eigenvalue weighted by Gasteiger charge is 2.24. The summed E-state index contributed by atoms with van der Waals surface area (Å²) in [6.45, 7) is 3.10. The number of halogens is 2. The lowest BCUT2D eigenvalue weighted by molar-refractivity contribution is 0.0615. The van der Waals surface area contributed by atoms with Crippen molar-refractivity contribution in [3.8, 4) is 11.4 Å². The van der Waals surface area contributed by atoms with Gasteiger partial charge in [0.2, 0.25) is 11.7 Å². The van der Waals surface area contributed by atoms with Gasteiger partial charge >= 0.3 is 0 Å². The van der Waals surface area contributed by atoms with E-state index in [2.05, 4.69) is 15.0 Å². The van der Waals surface area contributed by atoms with Crippen LogP contribution in [0.5, 0.6) is 0 Å². The molecule has 2 heterocycles. The van der Waals surface area contributed by atoms with Gasteiger partial charge in [0, 0.05) is 31.7 Å². The van der Waals surface area contributed by atoms with Crippen molar-refractivity contribution in [1.82, 2.24) is 19.9 Å². The number of carbonyl (C=O) groups is 1. The number of aromatic nitrogens is 2. The first-order chi connectivity index (χ1) is 13.6. The third kappa shape index (κ3) is 4.05. The molecule has 1 fully saturated rings. The van der Waals surface area contributed by atoms with Gasteiger partial charge in [-0.25, -0.2) is 4.39 Å². The summed E-state index contributed by atoms with van der Waals surface area (Å²) in [5.41, 5.74) is 1.23. The first-order valence-corrected chi connectivity index (χ1v) is 9.32. The van der Waals surface area contributed by atoms with Crippen LogP contribution in [0.1, 0.15) is 16.2 Å². The Balaban J connectivity index is 1.34. The summed E-state index contributed by atoms with van der Waals surface area (Å²) < 4.78 is 18.3. The molecule has 0 atom stereocenters. The van der Waals surface area contributed by atoms with Gasteiger partial charge in [-0.2, -0.15) is 4.98 Å². The Kier molecular flexibility index (Phi) is 5.36. The molecule has 6 nitrogen and oxygen atoms in total. The standard InChI is InChI=1S/C20H18ClFN4O2/c21-17-4-2-1-3-16(17)20(27)26-11-9-25(10-12-26)13-18-23-19(24-28-18)14-5-7-15(22)8-6-14/h1-8H,9-13H2. The van der Waals surface area contributed by atoms with E-state index in [9.17, 15) is 9.18 Å². The summed E-state index contributed by atoms with van der Waals surface area (Å²) in [5.74, 6) is 0.561. The monoisotopic (exact) mass is 400 g/mol. The summed E-state index contributed by atoms with van der Waals surface area (Å²) in [6, 6.07) is 13.0. The van der Waals surface area contributed by atoms with Crippen molar-refractivity contribution < 1.29 is 13.7 Å². The molecule has 0 radical (unpaired) electrons. The molecule has 0 N–H and O–H groups in total. The Morgan fingerprint density at radius 1 is 1.07 bits per heavy atom. The zero-order valence-electron chi connectivity index (χ0n) is 15.0. The molecule has 3 aromatic rings. The quantitative estimate of drug-likeness (QED) is 0.671. The molecule has 0 bridgehead atoms. The molecule has 1 aliphatic heterocycles. The van der Waals surface area contributed by atoms with Crippen molar-refractivity contribution in [3.05, 3.63) is 70.8 Å². The average molecular weight is 401 g/mol. The van der Waals surface area contributed by atoms with Gasteiger partial charge < -0.3 is 9.42 Å². The van der Waals surface area contributed by atoms with Crippen LogP contribution in [0.2, 0.25) is 5.02 Å². The van der Waals surface area contributed by atoms with Gasteiger partial charge in [0.25, 0.3) is 5.91 Å². The minimum Gasteiger partial charge on any atom is -0.338 e. The minimum absolute atomic E-state index is 0.0540. The summed E-state index contributed by atoms with van der Waals surface area (Å²) in [4.78, 5) is 21.0. The minimum atomic E-state index is -0.309. The number of nitrogens with zero attached hydrogens (tertiary/aromatic N) is 4. The van der Waals surface area contributed by atoms with E-state index in [1.807, 2.05) is 12.1 Å². The van der Waals surface area contributed by atoms with Crippen LogP contribution < -0.4 is 0 Å². The van der Waals surface area contributed by atoms with Crippen molar-refractivity contribution in [2.24, 2.45) is 0 Å². The normalized spacial score (nSPS) is 15.0. The molecule has 144 valence electrons. The van der Waals surface area contributed by atoms with Gasteiger partial charge in [0.15, 0.2) is 0 Å². The number of rotatable bonds is 4. The topological polar surface area (TPSA) is 62.5 Å². The summed E-state index contributed by atoms with van der Waals surface area (Å²) in [7, 11) is 0. The smallest absolute Gasteiger partial charge is 0.255 e. The van der Waals surface area contributed by atoms with E-state index in [1.165, 1.54) is 12.1 Å². The molecule has 1 amide bonds. The van der Waals surface area contributed by atoms with Crippen molar-refractivity contribution >= 4 is 17.5 Å². The Morgan fingerprint density at radius 3 is 2.50 bits per heavy atom. The zero-order chi connectivity index (χ0) is 19.5. The number of hydrogen-bond acceptors (Lipinski definition) is 5. The molecule has 1 saturated heterocycles. The van der Waals surface area contributed by atoms with Crippen molar-refractivity contribution in [2.45, 2.75) is 6.54 Å². The summed E-state index contributed by atoms with van der Waals surface area (Å²) in [6.07, 6.45) is 0. The lowest BCUT2D eigenvalue weighted by Gasteiger charge is -2.34. The van der Waals surface area contributed by atoms with Crippen molar-refractivity contribution in [3.63, 3.8) is 0 Å². The molecule has 8 heteroatoms. The molecule has 1 aromatic heterocycles. The van der Waals surface area contributed by atoms with Crippen LogP contribution in [0.25, 0.3) is 11.4 Å². The third-order valence-corrected chi connectivity index (χ3v) is 5.02. The van der Waals surface area contributed by atoms with Crippen LogP contribution in [-0.2, 0) is 6.54 Å². The van der Waals surface area contributed by atoms with E-state index < -0.39 is 0 Å². The molecular weight excluding hydrogens is 383 g/mol. The van der Waals surface area contributed by atoms with Gasteiger partial charge in [-0.15, -0.1) is 0 Å². The molecule has 0 aliphatic carbocycles. The van der Waals surface area contributed by atoms with E-state index >= 15 is 0 Å². The van der Waals surface area contributed by atoms with Crippen LogP contribution >= 0.6 is 11.6 Å². The van der Waals surface area contributed by atoms with E-state index in [0.29, 0.717) is 60.6 Å². The molecule has 2 aromatic carbocycles. The molecule has 28 heavy (non-hydrogen) atoms. The van der Waals surface area contributed by atoms with Crippen molar-refractivity contribution in [1.29, 1.82) is 0 Å². The Morgan fingerprint density at radius 2 is 1.79 bits per heavy atom. The van der Waals surface area contributed by atoms with Gasteiger partial charge in [-0.3, -0.25) is 9.69 Å². The lowest BCUT2D eigenvalue weighted by atomic mass is 10.2. The molecule has 0 unspecified atom stereocenters. The fraction of sp³-hybridized carbons (Fsp3) is 0.250. The molecule has 1 aliphatic rings. The molecule has 0 spiro atoms. The lowest BCUT2D eigenvalue weighted by Crippen LogP contribution is -2.48. The first kappa shape index (κ1) is 18.6. The highest BCUT2D eigenvalue weighted by atomic mass is 35.5. The molecule has 0 saturated carbocycles. The Hall–Kier alpha value is -2.77. The van der Waals surface area contributed by atoms with Crippen LogP contribution in [0.4, 0.5) is 4.39 Å². The van der Waals surface area contributed by atoms with Crippen LogP contribution in [0.15, 0.2) is 53.1 Å². The van der Waals surface area contributed by atoms with E-state index in [4.69, 9.17) is 16.1 Å². The van der Waals surface area contributed by atoms with Gasteiger partial charge in [0.05, 0.1) is 17.1 Å². The second-order valence-corrected chi connectivity index (χ2v) is 6.97. The SMILES string of the molecule is O=C(c1ccccc1Cl)N1CCN(Cc2nc(-c3ccc(F)cc3)no2)CC1. The van der Waals surface area contributed by atoms with Crippen LogP contribution in [-0.4, -0.2) is 52.0 Å². The second kappa shape index (κ2) is 8.08. The fourth-order valence-electron chi connectivity index (χ4n) is 3.14. The number of amides is 1. The van der Waals surface area contributed by atoms with Gasteiger partial charge in [0.1, 0.15) is 5.82 Å². The highest BCUT2D eigenvalue weighted by Crippen LogP contribution is 2.19. The average Bonchev–Trinajstić information content (AvgIpc) is 3.17. The van der Waals surface area contributed by atoms with Gasteiger partial charge in [-0.05, 0) is 36.4 Å². The zero-order valence-corrected chi connectivity index (χ0v) is 15.8. The summed E-state index contributed by atoms with van der Waals surface area (Å²) >= 11 is 6.13. The van der Waals surface area contributed by atoms with Crippen molar-refractivity contribution in [2.75, 3.05) is 26.2 Å². The third-order valence-electron chi connectivity index (χ3n) is 4.69. The van der Waals surface area contributed by atoms with Gasteiger partial charge in [-0.1, -0.05) is 28.9 Å². The maximum atomic E-state index is 13.0. The number of hydrogen-bond donors (Lipinski definition) is 0. The van der Waals surface area contributed by atoms with Crippen LogP contribution in [0.3, 0.4) is 0 Å². The summed E-state index contributed by atoms with van der Waals surface area (Å²) in [5, 5.41) is 4.43. The number of piperazine rings is 1.